The Bertz CT molecular complexity index is 1290. The van der Waals surface area contributed by atoms with E-state index in [4.69, 9.17) is 14.2 Å². The van der Waals surface area contributed by atoms with Crippen LogP contribution in [0.5, 0.6) is 17.5 Å². The molecule has 1 amide bonds. The second-order valence-corrected chi connectivity index (χ2v) is 13.3. The van der Waals surface area contributed by atoms with Gasteiger partial charge in [-0.1, -0.05) is 0 Å². The molecule has 5 rings (SSSR count). The van der Waals surface area contributed by atoms with Crippen molar-refractivity contribution in [1.29, 1.82) is 0 Å². The fourth-order valence-corrected chi connectivity index (χ4v) is 6.72. The second-order valence-electron chi connectivity index (χ2n) is 11.0. The molecule has 2 aliphatic heterocycles. The maximum atomic E-state index is 14.7. The van der Waals surface area contributed by atoms with Crippen molar-refractivity contribution in [2.45, 2.75) is 100 Å². The van der Waals surface area contributed by atoms with E-state index in [0.29, 0.717) is 37.1 Å². The number of piperidine rings is 1. The van der Waals surface area contributed by atoms with Gasteiger partial charge in [0.25, 0.3) is 0 Å². The van der Waals surface area contributed by atoms with Crippen LogP contribution in [0.4, 0.5) is 9.18 Å². The lowest BCUT2D eigenvalue weighted by Gasteiger charge is -2.39. The molecule has 2 bridgehead atoms. The van der Waals surface area contributed by atoms with Crippen LogP contribution in [0.25, 0.3) is 0 Å². The zero-order valence-corrected chi connectivity index (χ0v) is 22.3. The highest BCUT2D eigenvalue weighted by Gasteiger charge is 2.46. The van der Waals surface area contributed by atoms with E-state index in [0.717, 1.165) is 18.9 Å². The van der Waals surface area contributed by atoms with Crippen LogP contribution in [0, 0.1) is 12.7 Å². The first-order chi connectivity index (χ1) is 17.4. The summed E-state index contributed by atoms with van der Waals surface area (Å²) in [6.07, 6.45) is 5.15. The number of hydrogen-bond donors (Lipinski definition) is 0. The number of carbonyl (C=O) groups is 1. The Morgan fingerprint density at radius 2 is 1.70 bits per heavy atom. The lowest BCUT2D eigenvalue weighted by Crippen LogP contribution is -2.50. The molecule has 37 heavy (non-hydrogen) atoms. The summed E-state index contributed by atoms with van der Waals surface area (Å²) in [6, 6.07) is 3.72. The molecule has 1 aliphatic carbocycles. The summed E-state index contributed by atoms with van der Waals surface area (Å²) in [5, 5.41) is -0.422. The highest BCUT2D eigenvalue weighted by Crippen LogP contribution is 2.39. The summed E-state index contributed by atoms with van der Waals surface area (Å²) in [4.78, 5) is 22.9. The summed E-state index contributed by atoms with van der Waals surface area (Å²) in [5.41, 5.74) is -0.0534. The van der Waals surface area contributed by atoms with Gasteiger partial charge in [-0.15, -0.1) is 0 Å². The molecule has 1 saturated carbocycles. The minimum Gasteiger partial charge on any atom is -0.474 e. The number of sulfone groups is 1. The van der Waals surface area contributed by atoms with Gasteiger partial charge in [0.2, 0.25) is 11.8 Å². The summed E-state index contributed by atoms with van der Waals surface area (Å²) < 4.78 is 57.1. The van der Waals surface area contributed by atoms with E-state index in [9.17, 15) is 17.6 Å². The van der Waals surface area contributed by atoms with Crippen molar-refractivity contribution < 1.29 is 31.8 Å². The average Bonchev–Trinajstić information content (AvgIpc) is 3.62. The van der Waals surface area contributed by atoms with E-state index in [1.54, 1.807) is 6.92 Å². The van der Waals surface area contributed by atoms with Crippen molar-refractivity contribution in [2.24, 2.45) is 0 Å². The Hall–Kier alpha value is -2.95. The molecule has 1 aromatic carbocycles. The van der Waals surface area contributed by atoms with Crippen LogP contribution < -0.4 is 9.47 Å². The lowest BCUT2D eigenvalue weighted by atomic mass is 10.00. The SMILES string of the molecule is Cc1c(Oc2ccc(S(=O)(=O)C3CC3)cc2F)ncnc1OC1CC2CC[C@@H](C1)N2C(=O)OC(C)(C)C. The molecule has 3 heterocycles. The molecule has 1 aromatic heterocycles. The lowest BCUT2D eigenvalue weighted by molar-refractivity contribution is -0.00773. The number of benzene rings is 1. The van der Waals surface area contributed by atoms with Gasteiger partial charge in [-0.3, -0.25) is 0 Å². The van der Waals surface area contributed by atoms with Gasteiger partial charge in [-0.25, -0.2) is 27.6 Å². The Kier molecular flexibility index (Phi) is 6.54. The molecular formula is C26H32FN3O6S. The van der Waals surface area contributed by atoms with Gasteiger partial charge in [-0.2, -0.15) is 0 Å². The molecule has 9 nitrogen and oxygen atoms in total. The van der Waals surface area contributed by atoms with Crippen molar-refractivity contribution in [3.8, 4) is 17.5 Å². The molecule has 0 N–H and O–H groups in total. The highest BCUT2D eigenvalue weighted by atomic mass is 32.2. The largest absolute Gasteiger partial charge is 0.474 e. The summed E-state index contributed by atoms with van der Waals surface area (Å²) in [5.74, 6) is -0.469. The highest BCUT2D eigenvalue weighted by molar-refractivity contribution is 7.92. The number of fused-ring (bicyclic) bond motifs is 2. The van der Waals surface area contributed by atoms with Crippen molar-refractivity contribution in [1.82, 2.24) is 14.9 Å². The Labute approximate surface area is 216 Å². The monoisotopic (exact) mass is 533 g/mol. The number of carbonyl (C=O) groups excluding carboxylic acids is 1. The third kappa shape index (κ3) is 5.37. The van der Waals surface area contributed by atoms with Crippen molar-refractivity contribution in [3.63, 3.8) is 0 Å². The van der Waals surface area contributed by atoms with E-state index < -0.39 is 26.5 Å². The minimum atomic E-state index is -3.51. The normalized spacial score (nSPS) is 23.6. The van der Waals surface area contributed by atoms with Crippen molar-refractivity contribution in [2.75, 3.05) is 0 Å². The molecule has 3 atom stereocenters. The number of hydrogen-bond acceptors (Lipinski definition) is 8. The molecular weight excluding hydrogens is 501 g/mol. The standard InChI is InChI=1S/C26H32FN3O6S/c1-15-23(34-18-11-16-5-6-17(12-18)30(16)25(31)36-26(2,3)4)28-14-29-24(15)35-22-10-9-20(13-21(22)27)37(32,33)19-7-8-19/h9-10,13-14,16-19H,5-8,11-12H2,1-4H3/t16-,17?,18?/m0/s1. The summed E-state index contributed by atoms with van der Waals surface area (Å²) >= 11 is 0. The minimum absolute atomic E-state index is 0.0380. The Morgan fingerprint density at radius 3 is 2.30 bits per heavy atom. The van der Waals surface area contributed by atoms with Crippen LogP contribution in [0.2, 0.25) is 0 Å². The number of rotatable bonds is 6. The van der Waals surface area contributed by atoms with Gasteiger partial charge < -0.3 is 19.1 Å². The van der Waals surface area contributed by atoms with E-state index in [1.807, 2.05) is 25.7 Å². The summed E-state index contributed by atoms with van der Waals surface area (Å²) in [7, 11) is -3.51. The molecule has 2 unspecified atom stereocenters. The molecule has 2 aromatic rings. The number of aromatic nitrogens is 2. The van der Waals surface area contributed by atoms with Crippen LogP contribution in [0.1, 0.15) is 64.9 Å². The molecule has 11 heteroatoms. The number of nitrogens with zero attached hydrogens (tertiary/aromatic N) is 3. The van der Waals surface area contributed by atoms with Gasteiger partial charge in [0.05, 0.1) is 15.7 Å². The predicted octanol–water partition coefficient (Wildman–Crippen LogP) is 4.96. The van der Waals surface area contributed by atoms with Crippen LogP contribution in [-0.2, 0) is 14.6 Å². The van der Waals surface area contributed by atoms with Gasteiger partial charge in [0, 0.05) is 24.9 Å². The molecule has 2 saturated heterocycles. The molecule has 200 valence electrons. The number of amides is 1. The van der Waals surface area contributed by atoms with Crippen molar-refractivity contribution >= 4 is 15.9 Å². The van der Waals surface area contributed by atoms with E-state index in [-0.39, 0.29) is 40.8 Å². The summed E-state index contributed by atoms with van der Waals surface area (Å²) in [6.45, 7) is 7.29. The van der Waals surface area contributed by atoms with E-state index >= 15 is 0 Å². The quantitative estimate of drug-likeness (QED) is 0.513. The molecule has 3 fully saturated rings. The molecule has 0 spiro atoms. The van der Waals surface area contributed by atoms with Gasteiger partial charge in [0.1, 0.15) is 18.0 Å². The molecule has 0 radical (unpaired) electrons. The Balaban J connectivity index is 1.27. The van der Waals surface area contributed by atoms with E-state index in [2.05, 4.69) is 9.97 Å². The Morgan fingerprint density at radius 1 is 1.05 bits per heavy atom. The maximum absolute atomic E-state index is 14.7. The van der Waals surface area contributed by atoms with Crippen LogP contribution in [0.15, 0.2) is 29.4 Å². The third-order valence-electron chi connectivity index (χ3n) is 6.97. The third-order valence-corrected chi connectivity index (χ3v) is 9.23. The zero-order chi connectivity index (χ0) is 26.5. The smallest absolute Gasteiger partial charge is 0.410 e. The fraction of sp³-hybridized carbons (Fsp3) is 0.577. The van der Waals surface area contributed by atoms with Gasteiger partial charge in [0.15, 0.2) is 21.4 Å². The first kappa shape index (κ1) is 25.7. The van der Waals surface area contributed by atoms with Crippen LogP contribution in [0.3, 0.4) is 0 Å². The van der Waals surface area contributed by atoms with Gasteiger partial charge in [-0.05, 0) is 71.6 Å². The zero-order valence-electron chi connectivity index (χ0n) is 21.4. The first-order valence-corrected chi connectivity index (χ1v) is 14.2. The van der Waals surface area contributed by atoms with Crippen molar-refractivity contribution in [3.05, 3.63) is 35.9 Å². The topological polar surface area (TPSA) is 108 Å². The average molecular weight is 534 g/mol. The number of halogens is 1. The fourth-order valence-electron chi connectivity index (χ4n) is 5.05. The first-order valence-electron chi connectivity index (χ1n) is 12.6. The molecule has 3 aliphatic rings. The van der Waals surface area contributed by atoms with Gasteiger partial charge >= 0.3 is 6.09 Å². The second kappa shape index (κ2) is 9.41. The maximum Gasteiger partial charge on any atom is 0.410 e. The predicted molar refractivity (Wildman–Crippen MR) is 132 cm³/mol. The van der Waals surface area contributed by atoms with E-state index in [1.165, 1.54) is 18.5 Å². The van der Waals surface area contributed by atoms with Crippen LogP contribution in [-0.4, -0.2) is 58.4 Å². The number of ether oxygens (including phenoxy) is 3. The van der Waals surface area contributed by atoms with Crippen LogP contribution >= 0.6 is 0 Å².